The molecule has 1 fully saturated rings. The zero-order chi connectivity index (χ0) is 10.1. The van der Waals surface area contributed by atoms with Crippen LogP contribution >= 0.6 is 0 Å². The number of fused-ring (bicyclic) bond motifs is 2. The van der Waals surface area contributed by atoms with Crippen molar-refractivity contribution in [1.82, 2.24) is 0 Å². The fourth-order valence-electron chi connectivity index (χ4n) is 2.81. The molecule has 0 aromatic heterocycles. The molecule has 2 atom stereocenters. The Kier molecular flexibility index (Phi) is 2.21. The van der Waals surface area contributed by atoms with Crippen LogP contribution in [0.15, 0.2) is 48.1 Å². The monoisotopic (exact) mass is 196 g/mol. The van der Waals surface area contributed by atoms with E-state index in [0.29, 0.717) is 0 Å². The van der Waals surface area contributed by atoms with Gasteiger partial charge in [0.25, 0.3) is 0 Å². The Morgan fingerprint density at radius 2 is 1.93 bits per heavy atom. The third-order valence-corrected chi connectivity index (χ3v) is 3.67. The van der Waals surface area contributed by atoms with Gasteiger partial charge in [-0.1, -0.05) is 54.1 Å². The van der Waals surface area contributed by atoms with E-state index in [1.54, 1.807) is 5.57 Å². The molecule has 1 saturated carbocycles. The van der Waals surface area contributed by atoms with Crippen molar-refractivity contribution in [2.45, 2.75) is 19.3 Å². The lowest BCUT2D eigenvalue weighted by Crippen LogP contribution is -2.03. The molecule has 0 amide bonds. The van der Waals surface area contributed by atoms with Crippen molar-refractivity contribution >= 4 is 6.08 Å². The Labute approximate surface area is 91.3 Å². The maximum absolute atomic E-state index is 2.44. The van der Waals surface area contributed by atoms with Crippen LogP contribution < -0.4 is 0 Å². The Balaban J connectivity index is 1.71. The van der Waals surface area contributed by atoms with Gasteiger partial charge >= 0.3 is 0 Å². The lowest BCUT2D eigenvalue weighted by Gasteiger charge is -2.14. The minimum absolute atomic E-state index is 0.810. The van der Waals surface area contributed by atoms with Crippen LogP contribution in [-0.4, -0.2) is 0 Å². The van der Waals surface area contributed by atoms with E-state index in [0.717, 1.165) is 11.8 Å². The molecule has 0 aliphatic heterocycles. The third kappa shape index (κ3) is 1.77. The summed E-state index contributed by atoms with van der Waals surface area (Å²) < 4.78 is 0. The fourth-order valence-corrected chi connectivity index (χ4v) is 2.81. The molecule has 2 aliphatic rings. The molecule has 2 unspecified atom stereocenters. The second-order valence-electron chi connectivity index (χ2n) is 4.70. The topological polar surface area (TPSA) is 0 Å². The van der Waals surface area contributed by atoms with Gasteiger partial charge in [-0.3, -0.25) is 0 Å². The van der Waals surface area contributed by atoms with Crippen LogP contribution in [0.4, 0.5) is 0 Å². The molecule has 0 radical (unpaired) electrons. The van der Waals surface area contributed by atoms with Gasteiger partial charge in [0.1, 0.15) is 0 Å². The molecule has 2 bridgehead atoms. The largest absolute Gasteiger partial charge is 0.0850 e. The minimum Gasteiger partial charge on any atom is -0.0850 e. The molecule has 1 aromatic rings. The second kappa shape index (κ2) is 3.69. The highest BCUT2D eigenvalue weighted by Gasteiger charge is 2.31. The normalized spacial score (nSPS) is 28.7. The molecule has 2 aliphatic carbocycles. The van der Waals surface area contributed by atoms with Crippen molar-refractivity contribution in [3.63, 3.8) is 0 Å². The van der Waals surface area contributed by atoms with Crippen LogP contribution in [0.1, 0.15) is 24.8 Å². The van der Waals surface area contributed by atoms with E-state index in [1.165, 1.54) is 24.8 Å². The van der Waals surface area contributed by atoms with Crippen LogP contribution in [0.25, 0.3) is 6.08 Å². The van der Waals surface area contributed by atoms with E-state index < -0.39 is 0 Å². The summed E-state index contributed by atoms with van der Waals surface area (Å²) in [6, 6.07) is 10.6. The van der Waals surface area contributed by atoms with Crippen molar-refractivity contribution in [1.29, 1.82) is 0 Å². The smallest absolute Gasteiger partial charge is 0.0159 e. The molecule has 0 N–H and O–H groups in total. The first-order valence-corrected chi connectivity index (χ1v) is 5.83. The van der Waals surface area contributed by atoms with E-state index in [1.807, 2.05) is 0 Å². The average Bonchev–Trinajstić information content (AvgIpc) is 2.89. The summed E-state index contributed by atoms with van der Waals surface area (Å²) in [6.45, 7) is 0. The Hall–Kier alpha value is -1.30. The van der Waals surface area contributed by atoms with Gasteiger partial charge in [0, 0.05) is 0 Å². The molecule has 0 saturated heterocycles. The first-order valence-electron chi connectivity index (χ1n) is 5.83. The lowest BCUT2D eigenvalue weighted by atomic mass is 9.91. The summed E-state index contributed by atoms with van der Waals surface area (Å²) in [4.78, 5) is 0. The van der Waals surface area contributed by atoms with Crippen molar-refractivity contribution in [2.75, 3.05) is 0 Å². The SMILES string of the molecule is C(=CC1CC2=CCC1C2)c1ccccc1. The standard InChI is InChI=1S/C15H16/c1-2-4-12(5-3-1)6-8-14-10-13-7-9-15(14)11-13/h1-8,14-15H,9-11H2. The Morgan fingerprint density at radius 1 is 1.07 bits per heavy atom. The number of benzene rings is 1. The first-order chi connectivity index (χ1) is 7.42. The van der Waals surface area contributed by atoms with Crippen molar-refractivity contribution in [3.8, 4) is 0 Å². The van der Waals surface area contributed by atoms with Gasteiger partial charge in [0.2, 0.25) is 0 Å². The van der Waals surface area contributed by atoms with E-state index in [-0.39, 0.29) is 0 Å². The molecule has 0 heterocycles. The summed E-state index contributed by atoms with van der Waals surface area (Å²) in [5.74, 6) is 1.73. The Morgan fingerprint density at radius 3 is 2.60 bits per heavy atom. The number of hydrogen-bond donors (Lipinski definition) is 0. The van der Waals surface area contributed by atoms with Crippen molar-refractivity contribution in [3.05, 3.63) is 53.6 Å². The maximum atomic E-state index is 2.44. The number of rotatable bonds is 2. The minimum atomic E-state index is 0.810. The third-order valence-electron chi connectivity index (χ3n) is 3.67. The number of allylic oxidation sites excluding steroid dienone is 3. The summed E-state index contributed by atoms with van der Waals surface area (Å²) in [7, 11) is 0. The molecule has 0 heteroatoms. The number of hydrogen-bond acceptors (Lipinski definition) is 0. The van der Waals surface area contributed by atoms with Crippen LogP contribution in [0.3, 0.4) is 0 Å². The zero-order valence-electron chi connectivity index (χ0n) is 8.89. The molecule has 0 spiro atoms. The maximum Gasteiger partial charge on any atom is -0.0159 e. The fraction of sp³-hybridized carbons (Fsp3) is 0.333. The van der Waals surface area contributed by atoms with E-state index >= 15 is 0 Å². The summed E-state index contributed by atoms with van der Waals surface area (Å²) in [5, 5.41) is 0. The van der Waals surface area contributed by atoms with Gasteiger partial charge < -0.3 is 0 Å². The van der Waals surface area contributed by atoms with Crippen molar-refractivity contribution in [2.24, 2.45) is 11.8 Å². The molecule has 76 valence electrons. The van der Waals surface area contributed by atoms with E-state index in [9.17, 15) is 0 Å². The zero-order valence-corrected chi connectivity index (χ0v) is 8.89. The van der Waals surface area contributed by atoms with Crippen LogP contribution in [-0.2, 0) is 0 Å². The van der Waals surface area contributed by atoms with E-state index in [4.69, 9.17) is 0 Å². The van der Waals surface area contributed by atoms with Gasteiger partial charge in [-0.15, -0.1) is 0 Å². The lowest BCUT2D eigenvalue weighted by molar-refractivity contribution is 0.468. The van der Waals surface area contributed by atoms with Gasteiger partial charge in [-0.2, -0.15) is 0 Å². The predicted octanol–water partition coefficient (Wildman–Crippen LogP) is 4.06. The highest BCUT2D eigenvalue weighted by Crippen LogP contribution is 2.44. The Bertz CT molecular complexity index is 397. The van der Waals surface area contributed by atoms with Gasteiger partial charge in [0.05, 0.1) is 0 Å². The van der Waals surface area contributed by atoms with Gasteiger partial charge in [-0.05, 0) is 36.7 Å². The summed E-state index contributed by atoms with van der Waals surface area (Å²) >= 11 is 0. The molecular formula is C15H16. The quantitative estimate of drug-likeness (QED) is 0.626. The van der Waals surface area contributed by atoms with E-state index in [2.05, 4.69) is 48.6 Å². The molecule has 3 rings (SSSR count). The van der Waals surface area contributed by atoms with Gasteiger partial charge in [-0.25, -0.2) is 0 Å². The second-order valence-corrected chi connectivity index (χ2v) is 4.70. The molecule has 1 aromatic carbocycles. The van der Waals surface area contributed by atoms with Gasteiger partial charge in [0.15, 0.2) is 0 Å². The van der Waals surface area contributed by atoms with Crippen molar-refractivity contribution < 1.29 is 0 Å². The molecule has 0 nitrogen and oxygen atoms in total. The highest BCUT2D eigenvalue weighted by atomic mass is 14.4. The van der Waals surface area contributed by atoms with Crippen LogP contribution in [0, 0.1) is 11.8 Å². The predicted molar refractivity (Wildman–Crippen MR) is 64.4 cm³/mol. The first kappa shape index (κ1) is 8.96. The molecule has 15 heavy (non-hydrogen) atoms. The summed E-state index contributed by atoms with van der Waals surface area (Å²) in [6.07, 6.45) is 11.1. The van der Waals surface area contributed by atoms with Crippen LogP contribution in [0.2, 0.25) is 0 Å². The summed E-state index contributed by atoms with van der Waals surface area (Å²) in [5.41, 5.74) is 3.02. The average molecular weight is 196 g/mol. The van der Waals surface area contributed by atoms with Crippen LogP contribution in [0.5, 0.6) is 0 Å². The molecular weight excluding hydrogens is 180 g/mol. The highest BCUT2D eigenvalue weighted by molar-refractivity contribution is 5.49.